The van der Waals surface area contributed by atoms with E-state index in [0.29, 0.717) is 5.69 Å². The van der Waals surface area contributed by atoms with Crippen molar-refractivity contribution in [1.29, 1.82) is 0 Å². The molecule has 0 atom stereocenters. The molecular weight excluding hydrogens is 370 g/mol. The molecule has 27 heavy (non-hydrogen) atoms. The molecule has 0 aliphatic rings. The van der Waals surface area contributed by atoms with Crippen molar-refractivity contribution >= 4 is 29.1 Å². The highest BCUT2D eigenvalue weighted by molar-refractivity contribution is 6.33. The summed E-state index contributed by atoms with van der Waals surface area (Å²) in [5.41, 5.74) is 2.29. The molecule has 1 N–H and O–H groups in total. The Morgan fingerprint density at radius 3 is 2.59 bits per heavy atom. The number of benzene rings is 2. The van der Waals surface area contributed by atoms with E-state index in [9.17, 15) is 14.9 Å². The van der Waals surface area contributed by atoms with E-state index < -0.39 is 4.92 Å². The molecule has 2 aromatic carbocycles. The fraction of sp³-hybridized carbons (Fsp3) is 0.0526. The molecule has 0 amide bonds. The van der Waals surface area contributed by atoms with Gasteiger partial charge in [-0.1, -0.05) is 11.6 Å². The molecule has 7 nitrogen and oxygen atoms in total. The van der Waals surface area contributed by atoms with Crippen LogP contribution in [0.2, 0.25) is 5.02 Å². The van der Waals surface area contributed by atoms with Gasteiger partial charge in [0.2, 0.25) is 0 Å². The van der Waals surface area contributed by atoms with E-state index in [1.165, 1.54) is 24.3 Å². The van der Waals surface area contributed by atoms with Crippen LogP contribution in [0, 0.1) is 10.1 Å². The number of carbonyl (C=O) groups is 1. The van der Waals surface area contributed by atoms with Crippen molar-refractivity contribution in [3.63, 3.8) is 0 Å². The summed E-state index contributed by atoms with van der Waals surface area (Å²) >= 11 is 5.84. The number of ether oxygens (including phenoxy) is 1. The maximum absolute atomic E-state index is 12.2. The van der Waals surface area contributed by atoms with E-state index >= 15 is 0 Å². The number of carbonyl (C=O) groups excluding carboxylic acids is 1. The molecule has 1 heterocycles. The number of aromatic amines is 1. The van der Waals surface area contributed by atoms with Crippen LogP contribution >= 0.6 is 11.6 Å². The number of halogens is 1. The van der Waals surface area contributed by atoms with Crippen LogP contribution in [0.4, 0.5) is 5.69 Å². The topological polar surface area (TPSA) is 98.1 Å². The average molecular weight is 384 g/mol. The first-order chi connectivity index (χ1) is 13.0. The normalized spacial score (nSPS) is 10.9. The SMILES string of the molecule is COc1ccc(-c2cc(/C=C/C(=O)c3ccc([N+](=O)[O-])c(Cl)c3)[nH]n2)cc1. The Balaban J connectivity index is 1.74. The number of nitrogens with zero attached hydrogens (tertiary/aromatic N) is 2. The van der Waals surface area contributed by atoms with E-state index in [-0.39, 0.29) is 22.1 Å². The summed E-state index contributed by atoms with van der Waals surface area (Å²) in [6.07, 6.45) is 2.93. The number of nitro benzene ring substituents is 1. The summed E-state index contributed by atoms with van der Waals surface area (Å²) in [4.78, 5) is 22.4. The lowest BCUT2D eigenvalue weighted by atomic mass is 10.1. The largest absolute Gasteiger partial charge is 0.497 e. The molecule has 0 spiro atoms. The van der Waals surface area contributed by atoms with Crippen molar-refractivity contribution in [2.45, 2.75) is 0 Å². The molecule has 0 aliphatic heterocycles. The highest BCUT2D eigenvalue weighted by atomic mass is 35.5. The highest BCUT2D eigenvalue weighted by Crippen LogP contribution is 2.25. The first-order valence-electron chi connectivity index (χ1n) is 7.84. The molecule has 0 saturated carbocycles. The number of methoxy groups -OCH3 is 1. The van der Waals surface area contributed by atoms with Gasteiger partial charge < -0.3 is 4.74 Å². The highest BCUT2D eigenvalue weighted by Gasteiger charge is 2.14. The minimum absolute atomic E-state index is 0.0809. The van der Waals surface area contributed by atoms with E-state index in [1.54, 1.807) is 19.3 Å². The van der Waals surface area contributed by atoms with Crippen LogP contribution in [0.3, 0.4) is 0 Å². The maximum atomic E-state index is 12.2. The van der Waals surface area contributed by atoms with Crippen LogP contribution in [0.1, 0.15) is 16.1 Å². The van der Waals surface area contributed by atoms with Gasteiger partial charge in [-0.3, -0.25) is 20.0 Å². The maximum Gasteiger partial charge on any atom is 0.287 e. The van der Waals surface area contributed by atoms with E-state index in [0.717, 1.165) is 17.0 Å². The quantitative estimate of drug-likeness (QED) is 0.291. The third-order valence-electron chi connectivity index (χ3n) is 3.83. The van der Waals surface area contributed by atoms with E-state index in [1.807, 2.05) is 24.3 Å². The lowest BCUT2D eigenvalue weighted by Gasteiger charge is -1.99. The molecule has 0 fully saturated rings. The lowest BCUT2D eigenvalue weighted by molar-refractivity contribution is -0.384. The number of hydrogen-bond acceptors (Lipinski definition) is 5. The first kappa shape index (κ1) is 18.3. The van der Waals surface area contributed by atoms with Gasteiger partial charge in [0.25, 0.3) is 5.69 Å². The van der Waals surface area contributed by atoms with Crippen molar-refractivity contribution in [3.05, 3.63) is 81.0 Å². The summed E-state index contributed by atoms with van der Waals surface area (Å²) in [5.74, 6) is 0.425. The number of H-pyrrole nitrogens is 1. The second kappa shape index (κ2) is 7.84. The fourth-order valence-corrected chi connectivity index (χ4v) is 2.65. The van der Waals surface area contributed by atoms with Crippen LogP contribution in [0.5, 0.6) is 5.75 Å². The zero-order valence-electron chi connectivity index (χ0n) is 14.2. The third kappa shape index (κ3) is 4.21. The molecule has 136 valence electrons. The number of nitro groups is 1. The predicted molar refractivity (Wildman–Crippen MR) is 102 cm³/mol. The number of aromatic nitrogens is 2. The van der Waals surface area contributed by atoms with Crippen LogP contribution in [0.25, 0.3) is 17.3 Å². The van der Waals surface area contributed by atoms with Crippen LogP contribution in [-0.4, -0.2) is 28.0 Å². The average Bonchev–Trinajstić information content (AvgIpc) is 3.14. The van der Waals surface area contributed by atoms with Crippen LogP contribution in [0.15, 0.2) is 54.6 Å². The molecule has 3 aromatic rings. The van der Waals surface area contributed by atoms with E-state index in [4.69, 9.17) is 16.3 Å². The van der Waals surface area contributed by atoms with Crippen molar-refractivity contribution in [3.8, 4) is 17.0 Å². The standard InChI is InChI=1S/C19H14ClN3O4/c1-27-15-6-2-12(3-7-15)17-11-14(21-22-17)5-9-19(24)13-4-8-18(23(25)26)16(20)10-13/h2-11H,1H3,(H,21,22)/b9-5+. The molecule has 0 unspecified atom stereocenters. The van der Waals surface area contributed by atoms with Gasteiger partial charge in [-0.05, 0) is 54.6 Å². The summed E-state index contributed by atoms with van der Waals surface area (Å²) < 4.78 is 5.12. The van der Waals surface area contributed by atoms with Gasteiger partial charge in [-0.15, -0.1) is 0 Å². The van der Waals surface area contributed by atoms with Gasteiger partial charge in [0, 0.05) is 17.2 Å². The van der Waals surface area contributed by atoms with Gasteiger partial charge in [0.15, 0.2) is 5.78 Å². The van der Waals surface area contributed by atoms with E-state index in [2.05, 4.69) is 10.2 Å². The Kier molecular flexibility index (Phi) is 5.33. The zero-order valence-corrected chi connectivity index (χ0v) is 14.9. The van der Waals surface area contributed by atoms with Gasteiger partial charge in [0.1, 0.15) is 10.8 Å². The Morgan fingerprint density at radius 1 is 1.22 bits per heavy atom. The van der Waals surface area contributed by atoms with Gasteiger partial charge in [-0.25, -0.2) is 0 Å². The number of rotatable bonds is 6. The van der Waals surface area contributed by atoms with Gasteiger partial charge in [-0.2, -0.15) is 5.10 Å². The zero-order chi connectivity index (χ0) is 19.4. The summed E-state index contributed by atoms with van der Waals surface area (Å²) in [5, 5.41) is 17.7. The fourth-order valence-electron chi connectivity index (χ4n) is 2.40. The van der Waals surface area contributed by atoms with Crippen LogP contribution in [-0.2, 0) is 0 Å². The monoisotopic (exact) mass is 383 g/mol. The summed E-state index contributed by atoms with van der Waals surface area (Å²) in [6.45, 7) is 0. The number of allylic oxidation sites excluding steroid dienone is 1. The second-order valence-corrected chi connectivity index (χ2v) is 5.97. The molecule has 8 heteroatoms. The number of hydrogen-bond donors (Lipinski definition) is 1. The Morgan fingerprint density at radius 2 is 1.96 bits per heavy atom. The third-order valence-corrected chi connectivity index (χ3v) is 4.13. The molecular formula is C19H14ClN3O4. The number of nitrogens with one attached hydrogen (secondary N) is 1. The second-order valence-electron chi connectivity index (χ2n) is 5.56. The van der Waals surface area contributed by atoms with Gasteiger partial charge >= 0.3 is 0 Å². The van der Waals surface area contributed by atoms with Crippen molar-refractivity contribution < 1.29 is 14.5 Å². The number of ketones is 1. The van der Waals surface area contributed by atoms with Crippen LogP contribution < -0.4 is 4.74 Å². The smallest absolute Gasteiger partial charge is 0.287 e. The summed E-state index contributed by atoms with van der Waals surface area (Å²) in [6, 6.07) is 13.1. The molecule has 3 rings (SSSR count). The molecule has 0 aliphatic carbocycles. The van der Waals surface area contributed by atoms with Crippen molar-refractivity contribution in [1.82, 2.24) is 10.2 Å². The predicted octanol–water partition coefficient (Wildman–Crippen LogP) is 4.54. The Labute approximate surface area is 159 Å². The first-order valence-corrected chi connectivity index (χ1v) is 8.22. The minimum atomic E-state index is -0.599. The molecule has 0 radical (unpaired) electrons. The Hall–Kier alpha value is -3.45. The molecule has 1 aromatic heterocycles. The Bertz CT molecular complexity index is 1030. The molecule has 0 bridgehead atoms. The van der Waals surface area contributed by atoms with Crippen molar-refractivity contribution in [2.24, 2.45) is 0 Å². The minimum Gasteiger partial charge on any atom is -0.497 e. The lowest BCUT2D eigenvalue weighted by Crippen LogP contribution is -1.96. The van der Waals surface area contributed by atoms with Gasteiger partial charge in [0.05, 0.1) is 23.4 Å². The van der Waals surface area contributed by atoms with Crippen molar-refractivity contribution in [2.75, 3.05) is 7.11 Å². The molecule has 0 saturated heterocycles. The summed E-state index contributed by atoms with van der Waals surface area (Å²) in [7, 11) is 1.60.